The number of halogens is 2. The summed E-state index contributed by atoms with van der Waals surface area (Å²) >= 11 is 0. The molecular formula is C20H32F2N4O2. The van der Waals surface area contributed by atoms with E-state index in [4.69, 9.17) is 9.47 Å². The number of benzene rings is 1. The first-order valence-corrected chi connectivity index (χ1v) is 9.75. The molecule has 1 saturated heterocycles. The average molecular weight is 398 g/mol. The van der Waals surface area contributed by atoms with Gasteiger partial charge in [0.1, 0.15) is 12.4 Å². The van der Waals surface area contributed by atoms with Crippen LogP contribution in [0.5, 0.6) is 5.75 Å². The fourth-order valence-corrected chi connectivity index (χ4v) is 3.21. The van der Waals surface area contributed by atoms with Crippen molar-refractivity contribution in [2.75, 3.05) is 46.5 Å². The molecule has 0 amide bonds. The van der Waals surface area contributed by atoms with Crippen LogP contribution in [-0.2, 0) is 11.3 Å². The molecule has 1 aromatic carbocycles. The highest BCUT2D eigenvalue weighted by Gasteiger charge is 2.23. The lowest BCUT2D eigenvalue weighted by molar-refractivity contribution is 0.00752. The summed E-state index contributed by atoms with van der Waals surface area (Å²) in [6.07, 6.45) is -2.48. The Morgan fingerprint density at radius 1 is 1.25 bits per heavy atom. The third-order valence-corrected chi connectivity index (χ3v) is 4.72. The van der Waals surface area contributed by atoms with Crippen LogP contribution in [0.4, 0.5) is 8.78 Å². The van der Waals surface area contributed by atoms with E-state index in [-0.39, 0.29) is 0 Å². The average Bonchev–Trinajstić information content (AvgIpc) is 2.69. The Balaban J connectivity index is 1.84. The minimum Gasteiger partial charge on any atom is -0.488 e. The summed E-state index contributed by atoms with van der Waals surface area (Å²) < 4.78 is 35.1. The van der Waals surface area contributed by atoms with Gasteiger partial charge in [-0.1, -0.05) is 26.0 Å². The maximum absolute atomic E-state index is 12.3. The van der Waals surface area contributed by atoms with Crippen molar-refractivity contribution in [3.05, 3.63) is 29.8 Å². The number of morpholine rings is 1. The quantitative estimate of drug-likeness (QED) is 0.494. The van der Waals surface area contributed by atoms with Gasteiger partial charge in [0.05, 0.1) is 13.2 Å². The van der Waals surface area contributed by atoms with Gasteiger partial charge in [0, 0.05) is 39.3 Å². The third-order valence-electron chi connectivity index (χ3n) is 4.72. The molecule has 1 atom stereocenters. The monoisotopic (exact) mass is 398 g/mol. The van der Waals surface area contributed by atoms with Crippen LogP contribution in [0.3, 0.4) is 0 Å². The lowest BCUT2D eigenvalue weighted by Gasteiger charge is -2.37. The Bertz CT molecular complexity index is 608. The lowest BCUT2D eigenvalue weighted by Crippen LogP contribution is -2.52. The number of hydrogen-bond acceptors (Lipinski definition) is 4. The second-order valence-electron chi connectivity index (χ2n) is 7.12. The van der Waals surface area contributed by atoms with Gasteiger partial charge in [0.2, 0.25) is 0 Å². The number of aliphatic imine (C=N–C) groups is 1. The third kappa shape index (κ3) is 7.59. The highest BCUT2D eigenvalue weighted by molar-refractivity contribution is 5.79. The Labute approximate surface area is 166 Å². The highest BCUT2D eigenvalue weighted by Crippen LogP contribution is 2.14. The molecule has 2 rings (SSSR count). The van der Waals surface area contributed by atoms with Gasteiger partial charge >= 0.3 is 0 Å². The van der Waals surface area contributed by atoms with Crippen LogP contribution in [0.15, 0.2) is 29.3 Å². The molecule has 0 aromatic heterocycles. The van der Waals surface area contributed by atoms with Crippen LogP contribution in [0.25, 0.3) is 0 Å². The molecule has 1 aromatic rings. The number of nitrogens with zero attached hydrogens (tertiary/aromatic N) is 2. The zero-order valence-corrected chi connectivity index (χ0v) is 17.0. The molecule has 0 bridgehead atoms. The van der Waals surface area contributed by atoms with Crippen LogP contribution in [-0.4, -0.2) is 69.8 Å². The van der Waals surface area contributed by atoms with E-state index in [9.17, 15) is 8.78 Å². The van der Waals surface area contributed by atoms with Crippen molar-refractivity contribution in [2.24, 2.45) is 10.9 Å². The van der Waals surface area contributed by atoms with E-state index >= 15 is 0 Å². The van der Waals surface area contributed by atoms with Crippen molar-refractivity contribution in [3.63, 3.8) is 0 Å². The summed E-state index contributed by atoms with van der Waals surface area (Å²) in [7, 11) is 1.73. The highest BCUT2D eigenvalue weighted by atomic mass is 19.3. The molecule has 0 aliphatic carbocycles. The predicted octanol–water partition coefficient (Wildman–Crippen LogP) is 2.35. The minimum atomic E-state index is -2.48. The molecule has 158 valence electrons. The second-order valence-corrected chi connectivity index (χ2v) is 7.12. The van der Waals surface area contributed by atoms with Crippen molar-refractivity contribution in [2.45, 2.75) is 32.9 Å². The maximum atomic E-state index is 12.3. The van der Waals surface area contributed by atoms with Crippen LogP contribution in [0, 0.1) is 5.92 Å². The molecule has 8 heteroatoms. The summed E-state index contributed by atoms with van der Waals surface area (Å²) in [5, 5.41) is 6.67. The van der Waals surface area contributed by atoms with Gasteiger partial charge in [0.25, 0.3) is 6.43 Å². The molecule has 1 aliphatic rings. The SMILES string of the molecule is CN=C(NCc1cccc(OCC(F)F)c1)NCC(C(C)C)N1CCOCC1. The summed E-state index contributed by atoms with van der Waals surface area (Å²) in [6, 6.07) is 7.54. The standard InChI is InChI=1S/C20H32F2N4O2/c1-15(2)18(26-7-9-27-10-8-26)13-25-20(23-3)24-12-16-5-4-6-17(11-16)28-14-19(21)22/h4-6,11,15,18-19H,7-10,12-14H2,1-3H3,(H2,23,24,25). The first-order valence-electron chi connectivity index (χ1n) is 9.75. The first-order chi connectivity index (χ1) is 13.5. The van der Waals surface area contributed by atoms with E-state index in [1.165, 1.54) is 0 Å². The molecule has 1 fully saturated rings. The van der Waals surface area contributed by atoms with Crippen molar-refractivity contribution >= 4 is 5.96 Å². The van der Waals surface area contributed by atoms with Crippen molar-refractivity contribution < 1.29 is 18.3 Å². The topological polar surface area (TPSA) is 58.1 Å². The van der Waals surface area contributed by atoms with E-state index in [1.54, 1.807) is 25.2 Å². The summed E-state index contributed by atoms with van der Waals surface area (Å²) in [4.78, 5) is 6.74. The van der Waals surface area contributed by atoms with Crippen molar-refractivity contribution in [3.8, 4) is 5.75 Å². The Hall–Kier alpha value is -1.93. The first kappa shape index (κ1) is 22.4. The summed E-state index contributed by atoms with van der Waals surface area (Å²) in [6.45, 7) is 8.61. The molecular weight excluding hydrogens is 366 g/mol. The maximum Gasteiger partial charge on any atom is 0.272 e. The number of ether oxygens (including phenoxy) is 2. The van der Waals surface area contributed by atoms with Crippen LogP contribution in [0.1, 0.15) is 19.4 Å². The van der Waals surface area contributed by atoms with Gasteiger partial charge in [-0.05, 0) is 23.6 Å². The van der Waals surface area contributed by atoms with Crippen molar-refractivity contribution in [1.29, 1.82) is 0 Å². The Kier molecular flexibility index (Phi) is 9.43. The summed E-state index contributed by atoms with van der Waals surface area (Å²) in [5.74, 6) is 1.65. The fourth-order valence-electron chi connectivity index (χ4n) is 3.21. The number of guanidine groups is 1. The number of alkyl halides is 2. The molecule has 6 nitrogen and oxygen atoms in total. The van der Waals surface area contributed by atoms with Gasteiger partial charge in [-0.2, -0.15) is 0 Å². The van der Waals surface area contributed by atoms with Gasteiger partial charge in [-0.3, -0.25) is 9.89 Å². The van der Waals surface area contributed by atoms with E-state index in [0.29, 0.717) is 30.2 Å². The largest absolute Gasteiger partial charge is 0.488 e. The molecule has 1 heterocycles. The molecule has 1 unspecified atom stereocenters. The number of rotatable bonds is 9. The fraction of sp³-hybridized carbons (Fsp3) is 0.650. The molecule has 1 aliphatic heterocycles. The smallest absolute Gasteiger partial charge is 0.272 e. The molecule has 0 spiro atoms. The van der Waals surface area contributed by atoms with Gasteiger partial charge < -0.3 is 20.1 Å². The van der Waals surface area contributed by atoms with Gasteiger partial charge in [-0.25, -0.2) is 8.78 Å². The normalized spacial score (nSPS) is 17.0. The van der Waals surface area contributed by atoms with Crippen molar-refractivity contribution in [1.82, 2.24) is 15.5 Å². The van der Waals surface area contributed by atoms with Gasteiger partial charge in [0.15, 0.2) is 5.96 Å². The van der Waals surface area contributed by atoms with Gasteiger partial charge in [-0.15, -0.1) is 0 Å². The number of nitrogens with one attached hydrogen (secondary N) is 2. The zero-order valence-electron chi connectivity index (χ0n) is 17.0. The van der Waals surface area contributed by atoms with Crippen LogP contribution in [0.2, 0.25) is 0 Å². The minimum absolute atomic E-state index is 0.397. The molecule has 28 heavy (non-hydrogen) atoms. The van der Waals surface area contributed by atoms with Crippen LogP contribution < -0.4 is 15.4 Å². The lowest BCUT2D eigenvalue weighted by atomic mass is 10.0. The molecule has 2 N–H and O–H groups in total. The molecule has 0 radical (unpaired) electrons. The predicted molar refractivity (Wildman–Crippen MR) is 107 cm³/mol. The molecule has 0 saturated carbocycles. The number of hydrogen-bond donors (Lipinski definition) is 2. The van der Waals surface area contributed by atoms with E-state index in [2.05, 4.69) is 34.4 Å². The Morgan fingerprint density at radius 2 is 2.00 bits per heavy atom. The second kappa shape index (κ2) is 11.8. The van der Waals surface area contributed by atoms with E-state index in [1.807, 2.05) is 6.07 Å². The van der Waals surface area contributed by atoms with E-state index < -0.39 is 13.0 Å². The summed E-state index contributed by atoms with van der Waals surface area (Å²) in [5.41, 5.74) is 0.934. The van der Waals surface area contributed by atoms with E-state index in [0.717, 1.165) is 38.4 Å². The zero-order chi connectivity index (χ0) is 20.4. The Morgan fingerprint density at radius 3 is 2.64 bits per heavy atom. The van der Waals surface area contributed by atoms with Crippen LogP contribution >= 0.6 is 0 Å².